The van der Waals surface area contributed by atoms with Crippen molar-refractivity contribution in [3.05, 3.63) is 101 Å². The first-order valence-electron chi connectivity index (χ1n) is 10.9. The molecule has 4 rings (SSSR count). The van der Waals surface area contributed by atoms with Gasteiger partial charge in [-0.15, -0.1) is 10.2 Å². The van der Waals surface area contributed by atoms with E-state index < -0.39 is 0 Å². The van der Waals surface area contributed by atoms with E-state index in [-0.39, 0.29) is 29.9 Å². The molecule has 0 radical (unpaired) electrons. The molecule has 0 aliphatic rings. The first-order chi connectivity index (χ1) is 16.9. The zero-order valence-corrected chi connectivity index (χ0v) is 20.1. The smallest absolute Gasteiger partial charge is 0.251 e. The van der Waals surface area contributed by atoms with Crippen molar-refractivity contribution in [1.29, 1.82) is 0 Å². The summed E-state index contributed by atoms with van der Waals surface area (Å²) >= 11 is 1.20. The van der Waals surface area contributed by atoms with E-state index in [4.69, 9.17) is 0 Å². The summed E-state index contributed by atoms with van der Waals surface area (Å²) in [5.41, 5.74) is 3.91. The van der Waals surface area contributed by atoms with Gasteiger partial charge in [0, 0.05) is 16.9 Å². The number of aryl methyl sites for hydroxylation is 2. The number of aromatic nitrogens is 3. The molecule has 178 valence electrons. The third kappa shape index (κ3) is 6.33. The molecule has 0 atom stereocenters. The Morgan fingerprint density at radius 3 is 2.37 bits per heavy atom. The maximum absolute atomic E-state index is 13.5. The van der Waals surface area contributed by atoms with Crippen LogP contribution in [0.3, 0.4) is 0 Å². The number of halogens is 1. The number of hydrogen-bond donors (Lipinski definition) is 2. The topological polar surface area (TPSA) is 88.9 Å². The second-order valence-corrected chi connectivity index (χ2v) is 8.91. The van der Waals surface area contributed by atoms with Crippen LogP contribution in [-0.4, -0.2) is 32.3 Å². The van der Waals surface area contributed by atoms with Crippen molar-refractivity contribution in [3.63, 3.8) is 0 Å². The van der Waals surface area contributed by atoms with Gasteiger partial charge in [-0.2, -0.15) is 0 Å². The summed E-state index contributed by atoms with van der Waals surface area (Å²) in [4.78, 5) is 25.1. The highest BCUT2D eigenvalue weighted by molar-refractivity contribution is 7.99. The lowest BCUT2D eigenvalue weighted by Gasteiger charge is -2.11. The summed E-state index contributed by atoms with van der Waals surface area (Å²) in [6, 6.07) is 20.7. The Balaban J connectivity index is 1.50. The van der Waals surface area contributed by atoms with Crippen LogP contribution < -0.4 is 10.6 Å². The van der Waals surface area contributed by atoms with Crippen molar-refractivity contribution < 1.29 is 14.0 Å². The Morgan fingerprint density at radius 2 is 1.66 bits per heavy atom. The standard InChI is InChI=1S/C26H24FN5O2S/c1-17-5-3-7-19(13-17)25(34)28-15-23-30-31-26(32(23)22-11-9-20(27)10-12-22)35-16-24(33)29-21-8-4-6-18(2)14-21/h3-14H,15-16H2,1-2H3,(H,28,34)(H,29,33). The Labute approximate surface area is 206 Å². The second kappa shape index (κ2) is 11.0. The summed E-state index contributed by atoms with van der Waals surface area (Å²) in [7, 11) is 0. The molecule has 0 bridgehead atoms. The summed E-state index contributed by atoms with van der Waals surface area (Å²) < 4.78 is 15.2. The van der Waals surface area contributed by atoms with Gasteiger partial charge in [-0.25, -0.2) is 4.39 Å². The van der Waals surface area contributed by atoms with E-state index in [1.165, 1.54) is 23.9 Å². The Bertz CT molecular complexity index is 1350. The molecule has 3 aromatic carbocycles. The molecule has 0 aliphatic heterocycles. The molecule has 4 aromatic rings. The maximum Gasteiger partial charge on any atom is 0.251 e. The summed E-state index contributed by atoms with van der Waals surface area (Å²) in [5.74, 6) is -0.247. The van der Waals surface area contributed by atoms with Crippen LogP contribution in [0.2, 0.25) is 0 Å². The normalized spacial score (nSPS) is 10.7. The number of hydrogen-bond acceptors (Lipinski definition) is 5. The molecular formula is C26H24FN5O2S. The number of nitrogens with one attached hydrogen (secondary N) is 2. The fourth-order valence-corrected chi connectivity index (χ4v) is 4.23. The van der Waals surface area contributed by atoms with Gasteiger partial charge >= 0.3 is 0 Å². The predicted octanol–water partition coefficient (Wildman–Crippen LogP) is 4.68. The first-order valence-corrected chi connectivity index (χ1v) is 11.9. The van der Waals surface area contributed by atoms with Crippen molar-refractivity contribution >= 4 is 29.3 Å². The van der Waals surface area contributed by atoms with Crippen LogP contribution in [0.1, 0.15) is 27.3 Å². The van der Waals surface area contributed by atoms with E-state index >= 15 is 0 Å². The van der Waals surface area contributed by atoms with Gasteiger partial charge in [0.05, 0.1) is 12.3 Å². The lowest BCUT2D eigenvalue weighted by atomic mass is 10.1. The van der Waals surface area contributed by atoms with Gasteiger partial charge in [-0.1, -0.05) is 41.6 Å². The number of thioether (sulfide) groups is 1. The molecule has 0 aliphatic carbocycles. The average Bonchev–Trinajstić information content (AvgIpc) is 3.24. The highest BCUT2D eigenvalue weighted by atomic mass is 32.2. The lowest BCUT2D eigenvalue weighted by molar-refractivity contribution is -0.113. The fraction of sp³-hybridized carbons (Fsp3) is 0.154. The molecule has 0 spiro atoms. The molecule has 7 nitrogen and oxygen atoms in total. The van der Waals surface area contributed by atoms with Crippen LogP contribution in [0, 0.1) is 19.7 Å². The van der Waals surface area contributed by atoms with E-state index in [1.54, 1.807) is 28.8 Å². The molecule has 0 fully saturated rings. The van der Waals surface area contributed by atoms with Crippen molar-refractivity contribution in [3.8, 4) is 5.69 Å². The van der Waals surface area contributed by atoms with E-state index in [9.17, 15) is 14.0 Å². The third-order valence-electron chi connectivity index (χ3n) is 5.11. The minimum Gasteiger partial charge on any atom is -0.345 e. The second-order valence-electron chi connectivity index (χ2n) is 7.97. The lowest BCUT2D eigenvalue weighted by Crippen LogP contribution is -2.24. The minimum absolute atomic E-state index is 0.100. The predicted molar refractivity (Wildman–Crippen MR) is 134 cm³/mol. The van der Waals surface area contributed by atoms with Crippen LogP contribution in [0.15, 0.2) is 78.0 Å². The summed E-state index contributed by atoms with van der Waals surface area (Å²) in [6.07, 6.45) is 0. The minimum atomic E-state index is -0.372. The molecule has 1 aromatic heterocycles. The molecule has 0 unspecified atom stereocenters. The van der Waals surface area contributed by atoms with Gasteiger partial charge in [-0.05, 0) is 67.9 Å². The van der Waals surface area contributed by atoms with Crippen LogP contribution in [0.4, 0.5) is 10.1 Å². The monoisotopic (exact) mass is 489 g/mol. The van der Waals surface area contributed by atoms with Crippen LogP contribution in [0.5, 0.6) is 0 Å². The van der Waals surface area contributed by atoms with Gasteiger partial charge in [0.1, 0.15) is 5.82 Å². The number of carbonyl (C=O) groups is 2. The molecular weight excluding hydrogens is 465 g/mol. The van der Waals surface area contributed by atoms with Gasteiger partial charge < -0.3 is 10.6 Å². The SMILES string of the molecule is Cc1cccc(NC(=O)CSc2nnc(CNC(=O)c3cccc(C)c3)n2-c2ccc(F)cc2)c1. The number of nitrogens with zero attached hydrogens (tertiary/aromatic N) is 3. The number of carbonyl (C=O) groups excluding carboxylic acids is 2. The Hall–Kier alpha value is -3.98. The van der Waals surface area contributed by atoms with Crippen molar-refractivity contribution in [2.45, 2.75) is 25.5 Å². The summed E-state index contributed by atoms with van der Waals surface area (Å²) in [5, 5.41) is 14.6. The van der Waals surface area contributed by atoms with Crippen LogP contribution >= 0.6 is 11.8 Å². The molecule has 2 N–H and O–H groups in total. The van der Waals surface area contributed by atoms with Crippen molar-refractivity contribution in [2.75, 3.05) is 11.1 Å². The number of rotatable bonds is 8. The molecule has 0 saturated heterocycles. The number of anilines is 1. The maximum atomic E-state index is 13.5. The molecule has 9 heteroatoms. The molecule has 0 saturated carbocycles. The van der Waals surface area contributed by atoms with Gasteiger partial charge in [0.25, 0.3) is 5.91 Å². The number of amides is 2. The zero-order valence-electron chi connectivity index (χ0n) is 19.3. The molecule has 35 heavy (non-hydrogen) atoms. The average molecular weight is 490 g/mol. The quantitative estimate of drug-likeness (QED) is 0.351. The Kier molecular flexibility index (Phi) is 7.57. The third-order valence-corrected chi connectivity index (χ3v) is 6.04. The van der Waals surface area contributed by atoms with Gasteiger partial charge in [0.15, 0.2) is 11.0 Å². The summed E-state index contributed by atoms with van der Waals surface area (Å²) in [6.45, 7) is 3.97. The van der Waals surface area contributed by atoms with E-state index in [0.717, 1.165) is 16.8 Å². The highest BCUT2D eigenvalue weighted by Crippen LogP contribution is 2.23. The zero-order chi connectivity index (χ0) is 24.8. The van der Waals surface area contributed by atoms with Gasteiger partial charge in [-0.3, -0.25) is 14.2 Å². The van der Waals surface area contributed by atoms with E-state index in [0.29, 0.717) is 22.2 Å². The number of benzene rings is 3. The Morgan fingerprint density at radius 1 is 0.943 bits per heavy atom. The highest BCUT2D eigenvalue weighted by Gasteiger charge is 2.17. The van der Waals surface area contributed by atoms with Crippen LogP contribution in [0.25, 0.3) is 5.69 Å². The van der Waals surface area contributed by atoms with E-state index in [1.807, 2.05) is 50.2 Å². The van der Waals surface area contributed by atoms with E-state index in [2.05, 4.69) is 20.8 Å². The molecule has 2 amide bonds. The largest absolute Gasteiger partial charge is 0.345 e. The van der Waals surface area contributed by atoms with Crippen LogP contribution in [-0.2, 0) is 11.3 Å². The van der Waals surface area contributed by atoms with Crippen molar-refractivity contribution in [1.82, 2.24) is 20.1 Å². The fourth-order valence-electron chi connectivity index (χ4n) is 3.46. The van der Waals surface area contributed by atoms with Gasteiger partial charge in [0.2, 0.25) is 5.91 Å². The van der Waals surface area contributed by atoms with Crippen molar-refractivity contribution in [2.24, 2.45) is 0 Å². The molecule has 1 heterocycles. The first kappa shape index (κ1) is 24.2.